The molecule has 0 spiro atoms. The van der Waals surface area contributed by atoms with Crippen LogP contribution < -0.4 is 10.1 Å². The largest absolute Gasteiger partial charge is 0.496 e. The summed E-state index contributed by atoms with van der Waals surface area (Å²) in [6.45, 7) is 2.41. The molecule has 0 radical (unpaired) electrons. The highest BCUT2D eigenvalue weighted by Gasteiger charge is 2.28. The topological polar surface area (TPSA) is 41.6 Å². The first kappa shape index (κ1) is 11.0. The lowest BCUT2D eigenvalue weighted by Gasteiger charge is -2.20. The van der Waals surface area contributed by atoms with Gasteiger partial charge in [-0.2, -0.15) is 0 Å². The lowest BCUT2D eigenvalue weighted by molar-refractivity contribution is -0.126. The van der Waals surface area contributed by atoms with Gasteiger partial charge in [-0.3, -0.25) is 10.1 Å². The second-order valence-corrected chi connectivity index (χ2v) is 4.02. The number of carbonyl (C=O) groups is 1. The molecule has 1 aromatic carbocycles. The Morgan fingerprint density at radius 2 is 2.25 bits per heavy atom. The number of hydrogen-bond acceptors (Lipinski definition) is 3. The second-order valence-electron chi connectivity index (χ2n) is 4.02. The highest BCUT2D eigenvalue weighted by Crippen LogP contribution is 2.25. The predicted molar refractivity (Wildman–Crippen MR) is 61.2 cm³/mol. The van der Waals surface area contributed by atoms with Gasteiger partial charge in [0.1, 0.15) is 11.9 Å². The third-order valence-corrected chi connectivity index (χ3v) is 2.96. The van der Waals surface area contributed by atoms with Gasteiger partial charge in [-0.25, -0.2) is 0 Å². The van der Waals surface area contributed by atoms with E-state index in [1.165, 1.54) is 0 Å². The van der Waals surface area contributed by atoms with Gasteiger partial charge in [-0.15, -0.1) is 0 Å². The number of amides is 1. The molecule has 1 fully saturated rings. The zero-order valence-electron chi connectivity index (χ0n) is 9.78. The zero-order chi connectivity index (χ0) is 11.7. The number of methoxy groups -OCH3 is 1. The smallest absolute Gasteiger partial charge is 0.237 e. The van der Waals surface area contributed by atoms with Gasteiger partial charge in [-0.1, -0.05) is 6.07 Å². The number of nitrogens with one attached hydrogen (secondary N) is 1. The van der Waals surface area contributed by atoms with E-state index in [0.717, 1.165) is 16.9 Å². The van der Waals surface area contributed by atoms with Gasteiger partial charge in [0.2, 0.25) is 5.91 Å². The van der Waals surface area contributed by atoms with Crippen LogP contribution in [0.1, 0.15) is 17.3 Å². The van der Waals surface area contributed by atoms with Gasteiger partial charge < -0.3 is 9.64 Å². The summed E-state index contributed by atoms with van der Waals surface area (Å²) in [4.78, 5) is 13.1. The maximum atomic E-state index is 11.4. The third kappa shape index (κ3) is 1.76. The maximum absolute atomic E-state index is 11.4. The summed E-state index contributed by atoms with van der Waals surface area (Å²) >= 11 is 0. The highest BCUT2D eigenvalue weighted by atomic mass is 16.5. The van der Waals surface area contributed by atoms with E-state index in [4.69, 9.17) is 4.74 Å². The van der Waals surface area contributed by atoms with Crippen molar-refractivity contribution in [3.8, 4) is 5.75 Å². The van der Waals surface area contributed by atoms with E-state index in [2.05, 4.69) is 5.32 Å². The summed E-state index contributed by atoms with van der Waals surface area (Å²) in [5.41, 5.74) is 2.17. The Balaban J connectivity index is 2.28. The first-order chi connectivity index (χ1) is 7.63. The second kappa shape index (κ2) is 4.14. The minimum atomic E-state index is -0.0166. The fraction of sp³-hybridized carbons (Fsp3) is 0.417. The number of hydrogen-bond donors (Lipinski definition) is 1. The van der Waals surface area contributed by atoms with Crippen LogP contribution in [0.3, 0.4) is 0 Å². The molecule has 1 aliphatic rings. The summed E-state index contributed by atoms with van der Waals surface area (Å²) < 4.78 is 5.21. The van der Waals surface area contributed by atoms with Gasteiger partial charge in [0.05, 0.1) is 13.7 Å². The number of carbonyl (C=O) groups excluding carboxylic acids is 1. The first-order valence-electron chi connectivity index (χ1n) is 5.27. The fourth-order valence-corrected chi connectivity index (χ4v) is 2.00. The van der Waals surface area contributed by atoms with E-state index < -0.39 is 0 Å². The Labute approximate surface area is 95.2 Å². The molecule has 1 unspecified atom stereocenters. The standard InChI is InChI=1S/C12H16N2O2/c1-8-6-9(4-5-10(8)16-3)12-13-7-11(15)14(12)2/h4-6,12-13H,7H2,1-3H3. The highest BCUT2D eigenvalue weighted by molar-refractivity contribution is 5.80. The molecule has 1 aromatic rings. The lowest BCUT2D eigenvalue weighted by atomic mass is 10.1. The van der Waals surface area contributed by atoms with Crippen LogP contribution in [0.15, 0.2) is 18.2 Å². The minimum absolute atomic E-state index is 0.0166. The number of aryl methyl sites for hydroxylation is 1. The van der Waals surface area contributed by atoms with Crippen LogP contribution in [0.4, 0.5) is 0 Å². The number of likely N-dealkylation sites (N-methyl/N-ethyl adjacent to an activating group) is 1. The molecule has 1 N–H and O–H groups in total. The van der Waals surface area contributed by atoms with Crippen molar-refractivity contribution in [2.75, 3.05) is 20.7 Å². The molecule has 2 rings (SSSR count). The predicted octanol–water partition coefficient (Wildman–Crippen LogP) is 1.06. The van der Waals surface area contributed by atoms with Crippen LogP contribution in [0.5, 0.6) is 5.75 Å². The van der Waals surface area contributed by atoms with Crippen LogP contribution in [0.25, 0.3) is 0 Å². The Morgan fingerprint density at radius 3 is 2.75 bits per heavy atom. The van der Waals surface area contributed by atoms with Gasteiger partial charge in [0, 0.05) is 7.05 Å². The van der Waals surface area contributed by atoms with E-state index in [1.54, 1.807) is 12.0 Å². The van der Waals surface area contributed by atoms with Crippen molar-refractivity contribution in [1.82, 2.24) is 10.2 Å². The van der Waals surface area contributed by atoms with Crippen LogP contribution in [0.2, 0.25) is 0 Å². The molecule has 1 amide bonds. The van der Waals surface area contributed by atoms with Crippen molar-refractivity contribution < 1.29 is 9.53 Å². The van der Waals surface area contributed by atoms with E-state index in [1.807, 2.05) is 32.2 Å². The molecule has 0 aliphatic carbocycles. The molecule has 4 nitrogen and oxygen atoms in total. The van der Waals surface area contributed by atoms with Crippen LogP contribution in [0, 0.1) is 6.92 Å². The van der Waals surface area contributed by atoms with E-state index >= 15 is 0 Å². The molecule has 0 saturated carbocycles. The molecular formula is C12H16N2O2. The molecule has 1 atom stereocenters. The van der Waals surface area contributed by atoms with Crippen LogP contribution in [-0.4, -0.2) is 31.5 Å². The average Bonchev–Trinajstić information content (AvgIpc) is 2.60. The summed E-state index contributed by atoms with van der Waals surface area (Å²) in [5, 5.41) is 3.17. The summed E-state index contributed by atoms with van der Waals surface area (Å²) in [6, 6.07) is 5.97. The minimum Gasteiger partial charge on any atom is -0.496 e. The Kier molecular flexibility index (Phi) is 2.83. The Morgan fingerprint density at radius 1 is 1.50 bits per heavy atom. The molecule has 1 aliphatic heterocycles. The summed E-state index contributed by atoms with van der Waals surface area (Å²) in [6.07, 6.45) is -0.0166. The average molecular weight is 220 g/mol. The quantitative estimate of drug-likeness (QED) is 0.810. The van der Waals surface area contributed by atoms with Crippen LogP contribution >= 0.6 is 0 Å². The van der Waals surface area contributed by atoms with Gasteiger partial charge >= 0.3 is 0 Å². The van der Waals surface area contributed by atoms with Crippen molar-refractivity contribution in [2.45, 2.75) is 13.1 Å². The number of rotatable bonds is 2. The number of ether oxygens (including phenoxy) is 1. The number of nitrogens with zero attached hydrogens (tertiary/aromatic N) is 1. The molecule has 1 saturated heterocycles. The van der Waals surface area contributed by atoms with Crippen molar-refractivity contribution in [3.05, 3.63) is 29.3 Å². The molecule has 1 heterocycles. The van der Waals surface area contributed by atoms with Crippen molar-refractivity contribution >= 4 is 5.91 Å². The summed E-state index contributed by atoms with van der Waals surface area (Å²) in [5.74, 6) is 0.995. The Hall–Kier alpha value is -1.55. The van der Waals surface area contributed by atoms with Gasteiger partial charge in [0.15, 0.2) is 0 Å². The zero-order valence-corrected chi connectivity index (χ0v) is 9.78. The van der Waals surface area contributed by atoms with E-state index in [9.17, 15) is 4.79 Å². The first-order valence-corrected chi connectivity index (χ1v) is 5.27. The molecule has 86 valence electrons. The van der Waals surface area contributed by atoms with Gasteiger partial charge in [-0.05, 0) is 30.2 Å². The maximum Gasteiger partial charge on any atom is 0.237 e. The van der Waals surface area contributed by atoms with E-state index in [-0.39, 0.29) is 12.1 Å². The van der Waals surface area contributed by atoms with Crippen molar-refractivity contribution in [2.24, 2.45) is 0 Å². The van der Waals surface area contributed by atoms with Crippen molar-refractivity contribution in [3.63, 3.8) is 0 Å². The molecular weight excluding hydrogens is 204 g/mol. The monoisotopic (exact) mass is 220 g/mol. The van der Waals surface area contributed by atoms with Gasteiger partial charge in [0.25, 0.3) is 0 Å². The molecule has 0 aromatic heterocycles. The van der Waals surface area contributed by atoms with Crippen LogP contribution in [-0.2, 0) is 4.79 Å². The SMILES string of the molecule is COc1ccc(C2NCC(=O)N2C)cc1C. The lowest BCUT2D eigenvalue weighted by Crippen LogP contribution is -2.25. The third-order valence-electron chi connectivity index (χ3n) is 2.96. The fourth-order valence-electron chi connectivity index (χ4n) is 2.00. The van der Waals surface area contributed by atoms with Crippen molar-refractivity contribution in [1.29, 1.82) is 0 Å². The normalized spacial score (nSPS) is 20.3. The van der Waals surface area contributed by atoms with E-state index in [0.29, 0.717) is 6.54 Å². The molecule has 0 bridgehead atoms. The summed E-state index contributed by atoms with van der Waals surface area (Å²) in [7, 11) is 3.47. The molecule has 4 heteroatoms. The Bertz CT molecular complexity index is 417. The number of benzene rings is 1. The molecule has 16 heavy (non-hydrogen) atoms.